The van der Waals surface area contributed by atoms with Crippen LogP contribution in [0.5, 0.6) is 5.75 Å². The number of ether oxygens (including phenoxy) is 2. The molecule has 1 saturated carbocycles. The molecule has 1 aliphatic carbocycles. The van der Waals surface area contributed by atoms with Gasteiger partial charge in [0.05, 0.1) is 37.1 Å². The number of nitrogen functional groups attached to an aromatic ring is 1. The molecule has 8 nitrogen and oxygen atoms in total. The van der Waals surface area contributed by atoms with Crippen LogP contribution in [0, 0.1) is 12.8 Å². The predicted molar refractivity (Wildman–Crippen MR) is 117 cm³/mol. The van der Waals surface area contributed by atoms with Crippen molar-refractivity contribution in [3.8, 4) is 11.4 Å². The van der Waals surface area contributed by atoms with E-state index in [1.165, 1.54) is 0 Å². The molecule has 176 valence electrons. The Labute approximate surface area is 189 Å². The van der Waals surface area contributed by atoms with Gasteiger partial charge < -0.3 is 25.1 Å². The van der Waals surface area contributed by atoms with Crippen LogP contribution < -0.4 is 15.8 Å². The Kier molecular flexibility index (Phi) is 6.41. The first kappa shape index (κ1) is 22.8. The van der Waals surface area contributed by atoms with Gasteiger partial charge in [0.25, 0.3) is 0 Å². The van der Waals surface area contributed by atoms with Gasteiger partial charge in [-0.1, -0.05) is 0 Å². The monoisotopic (exact) mass is 462 g/mol. The highest BCUT2D eigenvalue weighted by Crippen LogP contribution is 2.35. The molecule has 0 radical (unpaired) electrons. The van der Waals surface area contributed by atoms with Crippen LogP contribution in [0.2, 0.25) is 0 Å². The first-order chi connectivity index (χ1) is 15.7. The molecule has 0 aliphatic heterocycles. The zero-order chi connectivity index (χ0) is 23.6. The molecule has 0 bridgehead atoms. The Balaban J connectivity index is 1.57. The van der Waals surface area contributed by atoms with Crippen molar-refractivity contribution < 1.29 is 22.6 Å². The fourth-order valence-electron chi connectivity index (χ4n) is 3.47. The Bertz CT molecular complexity index is 1130. The SMILES string of the molecule is COc1cc(Nc2nc(N)c(CC3CC3)c(COCC(F)(F)F)n2)ccc1-n1cnc(C)c1. The molecular formula is C22H25F3N6O2. The van der Waals surface area contributed by atoms with E-state index in [0.29, 0.717) is 35.0 Å². The summed E-state index contributed by atoms with van der Waals surface area (Å²) in [6, 6.07) is 5.42. The highest BCUT2D eigenvalue weighted by Gasteiger charge is 2.29. The number of aryl methyl sites for hydroxylation is 1. The molecule has 1 fully saturated rings. The van der Waals surface area contributed by atoms with Gasteiger partial charge in [0.1, 0.15) is 18.2 Å². The summed E-state index contributed by atoms with van der Waals surface area (Å²) in [5.74, 6) is 1.46. The standard InChI is InChI=1S/C22H25F3N6O2/c1-13-9-31(12-27-13)18-6-5-15(8-19(18)32-2)28-21-29-17(10-33-11-22(23,24)25)16(20(26)30-21)7-14-3-4-14/h5-6,8-9,12,14H,3-4,7,10-11H2,1-2H3,(H3,26,28,29,30). The number of hydrogen-bond donors (Lipinski definition) is 2. The number of hydrogen-bond acceptors (Lipinski definition) is 7. The minimum Gasteiger partial charge on any atom is -0.494 e. The highest BCUT2D eigenvalue weighted by atomic mass is 19.4. The molecule has 0 atom stereocenters. The molecule has 0 saturated heterocycles. The fourth-order valence-corrected chi connectivity index (χ4v) is 3.47. The summed E-state index contributed by atoms with van der Waals surface area (Å²) in [4.78, 5) is 13.0. The summed E-state index contributed by atoms with van der Waals surface area (Å²) >= 11 is 0. The van der Waals surface area contributed by atoms with Gasteiger partial charge in [0.15, 0.2) is 0 Å². The molecule has 2 heterocycles. The van der Waals surface area contributed by atoms with Gasteiger partial charge in [0.2, 0.25) is 5.95 Å². The van der Waals surface area contributed by atoms with Crippen molar-refractivity contribution in [2.24, 2.45) is 5.92 Å². The molecule has 2 aromatic heterocycles. The Hall–Kier alpha value is -3.34. The third kappa shape index (κ3) is 5.92. The Morgan fingerprint density at radius 2 is 2.03 bits per heavy atom. The summed E-state index contributed by atoms with van der Waals surface area (Å²) in [6.45, 7) is 0.240. The molecule has 1 aliphatic rings. The summed E-state index contributed by atoms with van der Waals surface area (Å²) in [7, 11) is 1.56. The van der Waals surface area contributed by atoms with Gasteiger partial charge in [-0.2, -0.15) is 18.2 Å². The third-order valence-electron chi connectivity index (χ3n) is 5.24. The first-order valence-corrected chi connectivity index (χ1v) is 10.5. The number of nitrogens with one attached hydrogen (secondary N) is 1. The average molecular weight is 462 g/mol. The topological polar surface area (TPSA) is 100 Å². The van der Waals surface area contributed by atoms with Gasteiger partial charge in [-0.3, -0.25) is 0 Å². The van der Waals surface area contributed by atoms with Crippen LogP contribution in [0.4, 0.5) is 30.6 Å². The van der Waals surface area contributed by atoms with Crippen molar-refractivity contribution in [3.63, 3.8) is 0 Å². The molecule has 4 rings (SSSR count). The number of anilines is 3. The van der Waals surface area contributed by atoms with Crippen molar-refractivity contribution >= 4 is 17.5 Å². The minimum absolute atomic E-state index is 0.172. The summed E-state index contributed by atoms with van der Waals surface area (Å²) in [5, 5.41) is 3.06. The van der Waals surface area contributed by atoms with Crippen LogP contribution in [0.25, 0.3) is 5.69 Å². The van der Waals surface area contributed by atoms with Crippen LogP contribution in [-0.4, -0.2) is 39.4 Å². The van der Waals surface area contributed by atoms with E-state index >= 15 is 0 Å². The molecule has 0 amide bonds. The third-order valence-corrected chi connectivity index (χ3v) is 5.24. The molecular weight excluding hydrogens is 437 g/mol. The predicted octanol–water partition coefficient (Wildman–Crippen LogP) is 4.34. The van der Waals surface area contributed by atoms with E-state index < -0.39 is 12.8 Å². The molecule has 1 aromatic carbocycles. The number of imidazole rings is 1. The summed E-state index contributed by atoms with van der Waals surface area (Å²) in [6.07, 6.45) is 1.90. The van der Waals surface area contributed by atoms with Gasteiger partial charge in [-0.05, 0) is 44.2 Å². The van der Waals surface area contributed by atoms with Crippen molar-refractivity contribution in [3.05, 3.63) is 47.7 Å². The lowest BCUT2D eigenvalue weighted by atomic mass is 10.1. The maximum atomic E-state index is 12.5. The maximum absolute atomic E-state index is 12.5. The van der Waals surface area contributed by atoms with Crippen LogP contribution in [0.15, 0.2) is 30.7 Å². The van der Waals surface area contributed by atoms with Crippen LogP contribution in [0.1, 0.15) is 29.8 Å². The molecule has 33 heavy (non-hydrogen) atoms. The van der Waals surface area contributed by atoms with Crippen LogP contribution >= 0.6 is 0 Å². The number of alkyl halides is 3. The number of nitrogens with two attached hydrogens (primary N) is 1. The first-order valence-electron chi connectivity index (χ1n) is 10.5. The second-order valence-corrected chi connectivity index (χ2v) is 8.05. The fraction of sp³-hybridized carbons (Fsp3) is 0.409. The summed E-state index contributed by atoms with van der Waals surface area (Å²) in [5.41, 5.74) is 9.47. The van der Waals surface area contributed by atoms with Crippen molar-refractivity contribution in [1.29, 1.82) is 0 Å². The zero-order valence-corrected chi connectivity index (χ0v) is 18.3. The normalized spacial score (nSPS) is 13.8. The minimum atomic E-state index is -4.41. The molecule has 3 aromatic rings. The van der Waals surface area contributed by atoms with E-state index in [1.54, 1.807) is 19.5 Å². The quantitative estimate of drug-likeness (QED) is 0.488. The van der Waals surface area contributed by atoms with E-state index in [0.717, 1.165) is 24.2 Å². The van der Waals surface area contributed by atoms with Gasteiger partial charge in [0, 0.05) is 23.5 Å². The lowest BCUT2D eigenvalue weighted by Gasteiger charge is -2.16. The van der Waals surface area contributed by atoms with Crippen LogP contribution in [0.3, 0.4) is 0 Å². The average Bonchev–Trinajstić information content (AvgIpc) is 3.47. The van der Waals surface area contributed by atoms with Gasteiger partial charge in [-0.15, -0.1) is 0 Å². The van der Waals surface area contributed by atoms with E-state index in [4.69, 9.17) is 15.2 Å². The number of rotatable bonds is 9. The van der Waals surface area contributed by atoms with E-state index in [9.17, 15) is 13.2 Å². The van der Waals surface area contributed by atoms with Gasteiger partial charge in [-0.25, -0.2) is 9.97 Å². The Morgan fingerprint density at radius 1 is 1.24 bits per heavy atom. The molecule has 0 spiro atoms. The maximum Gasteiger partial charge on any atom is 0.411 e. The molecule has 11 heteroatoms. The number of benzene rings is 1. The number of halogens is 3. The molecule has 3 N–H and O–H groups in total. The lowest BCUT2D eigenvalue weighted by molar-refractivity contribution is -0.176. The number of aromatic nitrogens is 4. The zero-order valence-electron chi connectivity index (χ0n) is 18.3. The highest BCUT2D eigenvalue weighted by molar-refractivity contribution is 5.63. The van der Waals surface area contributed by atoms with E-state index in [2.05, 4.69) is 20.3 Å². The largest absolute Gasteiger partial charge is 0.494 e. The second-order valence-electron chi connectivity index (χ2n) is 8.05. The number of methoxy groups -OCH3 is 1. The Morgan fingerprint density at radius 3 is 2.67 bits per heavy atom. The van der Waals surface area contributed by atoms with Crippen molar-refractivity contribution in [2.45, 2.75) is 39.0 Å². The van der Waals surface area contributed by atoms with E-state index in [-0.39, 0.29) is 18.4 Å². The summed E-state index contributed by atoms with van der Waals surface area (Å²) < 4.78 is 49.8. The van der Waals surface area contributed by atoms with Crippen LogP contribution in [-0.2, 0) is 17.8 Å². The van der Waals surface area contributed by atoms with Crippen molar-refractivity contribution in [1.82, 2.24) is 19.5 Å². The van der Waals surface area contributed by atoms with Crippen molar-refractivity contribution in [2.75, 3.05) is 24.8 Å². The number of nitrogens with zero attached hydrogens (tertiary/aromatic N) is 4. The second kappa shape index (κ2) is 9.26. The van der Waals surface area contributed by atoms with Gasteiger partial charge >= 0.3 is 6.18 Å². The van der Waals surface area contributed by atoms with E-state index in [1.807, 2.05) is 29.8 Å². The molecule has 0 unspecified atom stereocenters. The lowest BCUT2D eigenvalue weighted by Crippen LogP contribution is -2.18. The smallest absolute Gasteiger partial charge is 0.411 e.